The second-order valence-corrected chi connectivity index (χ2v) is 6.10. The molecule has 2 aromatic rings. The van der Waals surface area contributed by atoms with Gasteiger partial charge < -0.3 is 10.1 Å². The molecule has 2 heterocycles. The van der Waals surface area contributed by atoms with Crippen LogP contribution in [0.3, 0.4) is 0 Å². The van der Waals surface area contributed by atoms with Crippen molar-refractivity contribution >= 4 is 28.3 Å². The summed E-state index contributed by atoms with van der Waals surface area (Å²) in [5.74, 6) is -0.239. The fourth-order valence-corrected chi connectivity index (χ4v) is 3.17. The van der Waals surface area contributed by atoms with Gasteiger partial charge in [-0.3, -0.25) is 9.59 Å². The van der Waals surface area contributed by atoms with E-state index in [1.807, 2.05) is 35.7 Å². The first kappa shape index (κ1) is 14.7. The molecular weight excluding hydrogens is 300 g/mol. The summed E-state index contributed by atoms with van der Waals surface area (Å²) in [6.45, 7) is 0. The number of benzene rings is 1. The van der Waals surface area contributed by atoms with Crippen LogP contribution in [0.2, 0.25) is 0 Å². The zero-order valence-electron chi connectivity index (χ0n) is 11.9. The fraction of sp³-hybridized carbons (Fsp3) is 0.312. The van der Waals surface area contributed by atoms with Crippen LogP contribution in [0.1, 0.15) is 30.9 Å². The Labute approximate surface area is 132 Å². The summed E-state index contributed by atoms with van der Waals surface area (Å²) in [7, 11) is 0. The number of cyclic esters (lactones) is 1. The number of nitrogens with one attached hydrogen (secondary N) is 1. The van der Waals surface area contributed by atoms with E-state index in [1.165, 1.54) is 11.3 Å². The molecule has 114 valence electrons. The molecule has 2 atom stereocenters. The number of amides is 1. The Morgan fingerprint density at radius 1 is 1.36 bits per heavy atom. The number of anilines is 1. The molecule has 1 aromatic heterocycles. The van der Waals surface area contributed by atoms with Gasteiger partial charge in [0.2, 0.25) is 5.91 Å². The molecule has 22 heavy (non-hydrogen) atoms. The Morgan fingerprint density at radius 2 is 2.18 bits per heavy atom. The van der Waals surface area contributed by atoms with E-state index in [0.29, 0.717) is 24.4 Å². The van der Waals surface area contributed by atoms with Gasteiger partial charge in [-0.2, -0.15) is 0 Å². The largest absolute Gasteiger partial charge is 0.457 e. The van der Waals surface area contributed by atoms with Crippen LogP contribution in [0.4, 0.5) is 5.13 Å². The molecule has 3 rings (SSSR count). The summed E-state index contributed by atoms with van der Waals surface area (Å²) in [5, 5.41) is 5.16. The number of nitrogens with zero attached hydrogens (tertiary/aromatic N) is 1. The van der Waals surface area contributed by atoms with Crippen LogP contribution in [0.5, 0.6) is 0 Å². The third kappa shape index (κ3) is 3.51. The normalized spacial score (nSPS) is 20.6. The minimum atomic E-state index is -0.249. The van der Waals surface area contributed by atoms with Gasteiger partial charge in [0.1, 0.15) is 6.10 Å². The average molecular weight is 316 g/mol. The monoisotopic (exact) mass is 316 g/mol. The number of hydrogen-bond donors (Lipinski definition) is 1. The van der Waals surface area contributed by atoms with E-state index in [2.05, 4.69) is 10.3 Å². The van der Waals surface area contributed by atoms with E-state index in [4.69, 9.17) is 4.74 Å². The highest BCUT2D eigenvalue weighted by molar-refractivity contribution is 7.13. The maximum atomic E-state index is 11.9. The predicted octanol–water partition coefficient (Wildman–Crippen LogP) is 3.17. The maximum Gasteiger partial charge on any atom is 0.306 e. The van der Waals surface area contributed by atoms with Gasteiger partial charge in [-0.1, -0.05) is 30.3 Å². The molecule has 6 heteroatoms. The van der Waals surface area contributed by atoms with Crippen molar-refractivity contribution in [2.24, 2.45) is 5.92 Å². The van der Waals surface area contributed by atoms with E-state index < -0.39 is 0 Å². The molecule has 1 N–H and O–H groups in total. The highest BCUT2D eigenvalue weighted by Crippen LogP contribution is 2.38. The number of ether oxygens (including phenoxy) is 1. The molecule has 1 aliphatic heterocycles. The lowest BCUT2D eigenvalue weighted by Gasteiger charge is -2.17. The lowest BCUT2D eigenvalue weighted by Crippen LogP contribution is -2.15. The van der Waals surface area contributed by atoms with Crippen molar-refractivity contribution in [3.8, 4) is 0 Å². The molecule has 0 radical (unpaired) electrons. The highest BCUT2D eigenvalue weighted by atomic mass is 32.1. The third-order valence-electron chi connectivity index (χ3n) is 3.66. The SMILES string of the molecule is O=C(CCC1CC(=O)OC1c1ccccc1)Nc1nccs1. The van der Waals surface area contributed by atoms with E-state index in [0.717, 1.165) is 5.56 Å². The average Bonchev–Trinajstić information content (AvgIpc) is 3.15. The molecule has 1 saturated heterocycles. The summed E-state index contributed by atoms with van der Waals surface area (Å²) in [6.07, 6.45) is 2.73. The van der Waals surface area contributed by atoms with Gasteiger partial charge >= 0.3 is 5.97 Å². The molecule has 2 unspecified atom stereocenters. The number of rotatable bonds is 5. The predicted molar refractivity (Wildman–Crippen MR) is 83.4 cm³/mol. The van der Waals surface area contributed by atoms with E-state index >= 15 is 0 Å². The minimum absolute atomic E-state index is 0.0388. The molecule has 1 fully saturated rings. The van der Waals surface area contributed by atoms with Gasteiger partial charge in [0, 0.05) is 23.9 Å². The van der Waals surface area contributed by atoms with Crippen molar-refractivity contribution in [3.05, 3.63) is 47.5 Å². The van der Waals surface area contributed by atoms with Crippen LogP contribution in [0, 0.1) is 5.92 Å². The summed E-state index contributed by atoms with van der Waals surface area (Å²) >= 11 is 1.39. The second kappa shape index (κ2) is 6.70. The Balaban J connectivity index is 1.58. The van der Waals surface area contributed by atoms with Crippen LogP contribution < -0.4 is 5.32 Å². The lowest BCUT2D eigenvalue weighted by atomic mass is 9.91. The van der Waals surface area contributed by atoms with Crippen molar-refractivity contribution in [2.45, 2.75) is 25.4 Å². The number of carbonyl (C=O) groups is 2. The molecule has 0 bridgehead atoms. The van der Waals surface area contributed by atoms with Gasteiger partial charge in [-0.05, 0) is 12.0 Å². The lowest BCUT2D eigenvalue weighted by molar-refractivity contribution is -0.141. The number of esters is 1. The Hall–Kier alpha value is -2.21. The number of hydrogen-bond acceptors (Lipinski definition) is 5. The maximum absolute atomic E-state index is 11.9. The summed E-state index contributed by atoms with van der Waals surface area (Å²) in [6, 6.07) is 9.68. The Morgan fingerprint density at radius 3 is 2.91 bits per heavy atom. The van der Waals surface area contributed by atoms with Crippen molar-refractivity contribution in [1.82, 2.24) is 4.98 Å². The van der Waals surface area contributed by atoms with Crippen LogP contribution in [-0.2, 0) is 14.3 Å². The Bertz CT molecular complexity index is 643. The van der Waals surface area contributed by atoms with Crippen molar-refractivity contribution in [3.63, 3.8) is 0 Å². The fourth-order valence-electron chi connectivity index (χ4n) is 2.63. The zero-order valence-corrected chi connectivity index (χ0v) is 12.7. The first-order valence-corrected chi connectivity index (χ1v) is 8.04. The zero-order chi connectivity index (χ0) is 15.4. The quantitative estimate of drug-likeness (QED) is 0.860. The molecule has 0 saturated carbocycles. The van der Waals surface area contributed by atoms with Crippen molar-refractivity contribution in [2.75, 3.05) is 5.32 Å². The number of thiazole rings is 1. The van der Waals surface area contributed by atoms with Gasteiger partial charge in [0.25, 0.3) is 0 Å². The molecule has 5 nitrogen and oxygen atoms in total. The highest BCUT2D eigenvalue weighted by Gasteiger charge is 2.35. The Kier molecular flexibility index (Phi) is 4.48. The number of aromatic nitrogens is 1. The molecule has 0 spiro atoms. The first-order valence-electron chi connectivity index (χ1n) is 7.16. The van der Waals surface area contributed by atoms with Crippen LogP contribution >= 0.6 is 11.3 Å². The van der Waals surface area contributed by atoms with E-state index in [9.17, 15) is 9.59 Å². The minimum Gasteiger partial charge on any atom is -0.457 e. The van der Waals surface area contributed by atoms with Gasteiger partial charge in [-0.25, -0.2) is 4.98 Å². The van der Waals surface area contributed by atoms with Gasteiger partial charge in [-0.15, -0.1) is 11.3 Å². The van der Waals surface area contributed by atoms with Crippen molar-refractivity contribution in [1.29, 1.82) is 0 Å². The first-order chi connectivity index (χ1) is 10.7. The summed E-state index contributed by atoms with van der Waals surface area (Å²) in [4.78, 5) is 27.5. The molecule has 0 aliphatic carbocycles. The van der Waals surface area contributed by atoms with Crippen LogP contribution in [0.15, 0.2) is 41.9 Å². The summed E-state index contributed by atoms with van der Waals surface area (Å²) in [5.41, 5.74) is 0.985. The second-order valence-electron chi connectivity index (χ2n) is 5.21. The topological polar surface area (TPSA) is 68.3 Å². The van der Waals surface area contributed by atoms with Crippen molar-refractivity contribution < 1.29 is 14.3 Å². The molecule has 1 amide bonds. The van der Waals surface area contributed by atoms with E-state index in [1.54, 1.807) is 6.20 Å². The standard InChI is InChI=1S/C16H16N2O3S/c19-13(18-16-17-8-9-22-16)7-6-12-10-14(20)21-15(12)11-4-2-1-3-5-11/h1-5,8-9,12,15H,6-7,10H2,(H,17,18,19). The van der Waals surface area contributed by atoms with Crippen LogP contribution in [-0.4, -0.2) is 16.9 Å². The molecule has 1 aliphatic rings. The van der Waals surface area contributed by atoms with E-state index in [-0.39, 0.29) is 23.9 Å². The van der Waals surface area contributed by atoms with Crippen LogP contribution in [0.25, 0.3) is 0 Å². The summed E-state index contributed by atoms with van der Waals surface area (Å²) < 4.78 is 5.42. The molecule has 1 aromatic carbocycles. The number of carbonyl (C=O) groups excluding carboxylic acids is 2. The molecular formula is C16H16N2O3S. The third-order valence-corrected chi connectivity index (χ3v) is 4.35. The van der Waals surface area contributed by atoms with Gasteiger partial charge in [0.05, 0.1) is 6.42 Å². The smallest absolute Gasteiger partial charge is 0.306 e. The van der Waals surface area contributed by atoms with Gasteiger partial charge in [0.15, 0.2) is 5.13 Å².